The summed E-state index contributed by atoms with van der Waals surface area (Å²) < 4.78 is 1.45. The van der Waals surface area contributed by atoms with E-state index in [0.717, 1.165) is 4.88 Å². The van der Waals surface area contributed by atoms with Gasteiger partial charge in [-0.15, -0.1) is 11.3 Å². The van der Waals surface area contributed by atoms with E-state index in [4.69, 9.17) is 0 Å². The second-order valence-corrected chi connectivity index (χ2v) is 4.74. The van der Waals surface area contributed by atoms with Crippen LogP contribution < -0.4 is 0 Å². The van der Waals surface area contributed by atoms with Gasteiger partial charge in [0.05, 0.1) is 4.92 Å². The molecular formula is C11H8N4O2S. The molecule has 0 unspecified atom stereocenters. The summed E-state index contributed by atoms with van der Waals surface area (Å²) in [6, 6.07) is 6.97. The van der Waals surface area contributed by atoms with Gasteiger partial charge in [0.2, 0.25) is 5.65 Å². The van der Waals surface area contributed by atoms with Gasteiger partial charge in [0, 0.05) is 23.6 Å². The smallest absolute Gasteiger partial charge is 0.258 e. The van der Waals surface area contributed by atoms with Crippen molar-refractivity contribution in [3.05, 3.63) is 56.7 Å². The summed E-state index contributed by atoms with van der Waals surface area (Å²) >= 11 is 1.62. The molecule has 90 valence electrons. The fraction of sp³-hybridized carbons (Fsp3) is 0.0909. The first kappa shape index (κ1) is 10.8. The fourth-order valence-electron chi connectivity index (χ4n) is 1.72. The highest BCUT2D eigenvalue weighted by molar-refractivity contribution is 7.09. The van der Waals surface area contributed by atoms with E-state index in [1.54, 1.807) is 23.6 Å². The third kappa shape index (κ3) is 1.84. The maximum absolute atomic E-state index is 10.9. The molecule has 0 aliphatic carbocycles. The number of rotatable bonds is 3. The molecule has 0 aromatic carbocycles. The molecule has 18 heavy (non-hydrogen) atoms. The van der Waals surface area contributed by atoms with Crippen molar-refractivity contribution in [2.45, 2.75) is 6.42 Å². The van der Waals surface area contributed by atoms with Gasteiger partial charge in [-0.3, -0.25) is 10.1 Å². The summed E-state index contributed by atoms with van der Waals surface area (Å²) in [5.41, 5.74) is 0.261. The van der Waals surface area contributed by atoms with Gasteiger partial charge in [0.25, 0.3) is 0 Å². The van der Waals surface area contributed by atoms with Crippen LogP contribution in [0.4, 0.5) is 5.69 Å². The monoisotopic (exact) mass is 260 g/mol. The summed E-state index contributed by atoms with van der Waals surface area (Å²) in [7, 11) is 0. The maximum atomic E-state index is 10.9. The van der Waals surface area contributed by atoms with Gasteiger partial charge in [-0.25, -0.2) is 9.50 Å². The third-order valence-electron chi connectivity index (χ3n) is 2.49. The molecule has 3 aromatic rings. The number of pyridine rings is 1. The largest absolute Gasteiger partial charge is 0.313 e. The summed E-state index contributed by atoms with van der Waals surface area (Å²) in [6.07, 6.45) is 2.25. The number of hydrogen-bond acceptors (Lipinski definition) is 5. The zero-order chi connectivity index (χ0) is 12.5. The molecule has 0 bridgehead atoms. The molecule has 0 spiro atoms. The summed E-state index contributed by atoms with van der Waals surface area (Å²) in [5.74, 6) is 0.590. The first-order valence-electron chi connectivity index (χ1n) is 5.25. The summed E-state index contributed by atoms with van der Waals surface area (Å²) in [4.78, 5) is 15.8. The van der Waals surface area contributed by atoms with Crippen molar-refractivity contribution < 1.29 is 4.92 Å². The van der Waals surface area contributed by atoms with E-state index in [-0.39, 0.29) is 11.3 Å². The SMILES string of the molecule is O=[N+]([O-])c1cccn2nc(Cc3cccs3)nc12. The van der Waals surface area contributed by atoms with E-state index >= 15 is 0 Å². The van der Waals surface area contributed by atoms with Crippen LogP contribution in [0.2, 0.25) is 0 Å². The lowest BCUT2D eigenvalue weighted by Crippen LogP contribution is -1.93. The molecule has 6 nitrogen and oxygen atoms in total. The van der Waals surface area contributed by atoms with Crippen molar-refractivity contribution in [3.8, 4) is 0 Å². The molecular weight excluding hydrogens is 252 g/mol. The summed E-state index contributed by atoms with van der Waals surface area (Å²) in [5, 5.41) is 17.1. The van der Waals surface area contributed by atoms with Crippen molar-refractivity contribution in [3.63, 3.8) is 0 Å². The van der Waals surface area contributed by atoms with Crippen LogP contribution in [-0.4, -0.2) is 19.5 Å². The number of fused-ring (bicyclic) bond motifs is 1. The van der Waals surface area contributed by atoms with Gasteiger partial charge in [-0.1, -0.05) is 6.07 Å². The molecule has 0 aliphatic rings. The first-order valence-corrected chi connectivity index (χ1v) is 6.13. The Hall–Kier alpha value is -2.28. The number of hydrogen-bond donors (Lipinski definition) is 0. The Kier molecular flexibility index (Phi) is 2.52. The van der Waals surface area contributed by atoms with Crippen LogP contribution in [-0.2, 0) is 6.42 Å². The Morgan fingerprint density at radius 3 is 3.00 bits per heavy atom. The standard InChI is InChI=1S/C11H8N4O2S/c16-15(17)9-4-1-5-14-11(9)12-10(13-14)7-8-3-2-6-18-8/h1-6H,7H2. The van der Waals surface area contributed by atoms with Crippen LogP contribution in [0.3, 0.4) is 0 Å². The predicted octanol–water partition coefficient (Wildman–Crippen LogP) is 2.29. The second kappa shape index (κ2) is 4.19. The Bertz CT molecular complexity index is 705. The van der Waals surface area contributed by atoms with Gasteiger partial charge in [0.1, 0.15) is 0 Å². The van der Waals surface area contributed by atoms with Gasteiger partial charge < -0.3 is 0 Å². The van der Waals surface area contributed by atoms with Crippen molar-refractivity contribution in [1.29, 1.82) is 0 Å². The highest BCUT2D eigenvalue weighted by atomic mass is 32.1. The highest BCUT2D eigenvalue weighted by Crippen LogP contribution is 2.19. The molecule has 0 aliphatic heterocycles. The molecule has 0 N–H and O–H groups in total. The average molecular weight is 260 g/mol. The lowest BCUT2D eigenvalue weighted by atomic mass is 10.3. The zero-order valence-electron chi connectivity index (χ0n) is 9.18. The Morgan fingerprint density at radius 2 is 2.28 bits per heavy atom. The molecule has 3 heterocycles. The lowest BCUT2D eigenvalue weighted by molar-refractivity contribution is -0.383. The molecule has 0 amide bonds. The van der Waals surface area contributed by atoms with E-state index < -0.39 is 4.92 Å². The number of nitrogens with zero attached hydrogens (tertiary/aromatic N) is 4. The zero-order valence-corrected chi connectivity index (χ0v) is 10.0. The molecule has 3 rings (SSSR count). The number of thiophene rings is 1. The predicted molar refractivity (Wildman–Crippen MR) is 66.8 cm³/mol. The van der Waals surface area contributed by atoms with Crippen molar-refractivity contribution in [2.75, 3.05) is 0 Å². The molecule has 0 saturated carbocycles. The van der Waals surface area contributed by atoms with Crippen LogP contribution in [0, 0.1) is 10.1 Å². The van der Waals surface area contributed by atoms with Gasteiger partial charge in [-0.2, -0.15) is 5.10 Å². The van der Waals surface area contributed by atoms with Crippen molar-refractivity contribution >= 4 is 22.7 Å². The van der Waals surface area contributed by atoms with Crippen molar-refractivity contribution in [1.82, 2.24) is 14.6 Å². The number of nitro groups is 1. The Labute approximate surface area is 106 Å². The van der Waals surface area contributed by atoms with Gasteiger partial charge in [-0.05, 0) is 17.5 Å². The third-order valence-corrected chi connectivity index (χ3v) is 3.37. The quantitative estimate of drug-likeness (QED) is 0.535. The van der Waals surface area contributed by atoms with E-state index in [9.17, 15) is 10.1 Å². The second-order valence-electron chi connectivity index (χ2n) is 3.70. The highest BCUT2D eigenvalue weighted by Gasteiger charge is 2.16. The Balaban J connectivity index is 2.05. The molecule has 0 atom stereocenters. The molecule has 3 aromatic heterocycles. The van der Waals surface area contributed by atoms with Crippen LogP contribution in [0.1, 0.15) is 10.7 Å². The minimum atomic E-state index is -0.446. The molecule has 0 saturated heterocycles. The lowest BCUT2D eigenvalue weighted by Gasteiger charge is -1.91. The summed E-state index contributed by atoms with van der Waals surface area (Å²) in [6.45, 7) is 0. The van der Waals surface area contributed by atoms with Crippen LogP contribution in [0.25, 0.3) is 5.65 Å². The molecule has 0 fully saturated rings. The Morgan fingerprint density at radius 1 is 1.39 bits per heavy atom. The first-order chi connectivity index (χ1) is 8.74. The topological polar surface area (TPSA) is 73.3 Å². The average Bonchev–Trinajstić information content (AvgIpc) is 2.96. The van der Waals surface area contributed by atoms with Crippen molar-refractivity contribution in [2.24, 2.45) is 0 Å². The number of aromatic nitrogens is 3. The van der Waals surface area contributed by atoms with Crippen LogP contribution in [0.15, 0.2) is 35.8 Å². The van der Waals surface area contributed by atoms with Gasteiger partial charge >= 0.3 is 5.69 Å². The minimum Gasteiger partial charge on any atom is -0.258 e. The maximum Gasteiger partial charge on any atom is 0.313 e. The van der Waals surface area contributed by atoms with E-state index in [2.05, 4.69) is 10.1 Å². The molecule has 0 radical (unpaired) electrons. The fourth-order valence-corrected chi connectivity index (χ4v) is 2.42. The minimum absolute atomic E-state index is 0.0255. The van der Waals surface area contributed by atoms with E-state index in [0.29, 0.717) is 12.2 Å². The van der Waals surface area contributed by atoms with E-state index in [1.807, 2.05) is 17.5 Å². The van der Waals surface area contributed by atoms with E-state index in [1.165, 1.54) is 10.6 Å². The normalized spacial score (nSPS) is 10.9. The molecule has 7 heteroatoms. The van der Waals surface area contributed by atoms with Gasteiger partial charge in [0.15, 0.2) is 5.82 Å². The van der Waals surface area contributed by atoms with Crippen LogP contribution in [0.5, 0.6) is 0 Å². The van der Waals surface area contributed by atoms with Crippen LogP contribution >= 0.6 is 11.3 Å².